The number of hydrogen-bond acceptors (Lipinski definition) is 6. The monoisotopic (exact) mass is 330 g/mol. The van der Waals surface area contributed by atoms with Gasteiger partial charge >= 0.3 is 6.03 Å². The lowest BCUT2D eigenvalue weighted by Crippen LogP contribution is -2.63. The van der Waals surface area contributed by atoms with Crippen LogP contribution in [0.25, 0.3) is 0 Å². The smallest absolute Gasteiger partial charge is 0.325 e. The predicted molar refractivity (Wildman–Crippen MR) is 84.6 cm³/mol. The molecule has 0 aromatic heterocycles. The molecule has 3 aliphatic rings. The van der Waals surface area contributed by atoms with Gasteiger partial charge in [0, 0.05) is 7.05 Å². The average Bonchev–Trinajstić information content (AvgIpc) is 3.08. The van der Waals surface area contributed by atoms with Crippen LogP contribution in [0.3, 0.4) is 0 Å². The van der Waals surface area contributed by atoms with E-state index >= 15 is 0 Å². The Bertz CT molecular complexity index is 735. The highest BCUT2D eigenvalue weighted by atomic mass is 16.6. The van der Waals surface area contributed by atoms with E-state index in [0.717, 1.165) is 11.3 Å². The van der Waals surface area contributed by atoms with Crippen LogP contribution >= 0.6 is 0 Å². The molecule has 8 heteroatoms. The van der Waals surface area contributed by atoms with Crippen molar-refractivity contribution in [2.45, 2.75) is 25.2 Å². The van der Waals surface area contributed by atoms with Gasteiger partial charge in [0.2, 0.25) is 0 Å². The third-order valence-electron chi connectivity index (χ3n) is 4.42. The molecule has 0 aliphatic carbocycles. The van der Waals surface area contributed by atoms with Gasteiger partial charge in [0.25, 0.3) is 11.9 Å². The SMILES string of the molecule is Cc1cccc(OCC2CN3C(=NC4C3C(=O)NC(=O)N4C)O2)c1. The van der Waals surface area contributed by atoms with Crippen molar-refractivity contribution in [2.75, 3.05) is 20.2 Å². The van der Waals surface area contributed by atoms with Crippen molar-refractivity contribution >= 4 is 18.0 Å². The average molecular weight is 330 g/mol. The summed E-state index contributed by atoms with van der Waals surface area (Å²) >= 11 is 0. The first kappa shape index (κ1) is 14.8. The second-order valence-electron chi connectivity index (χ2n) is 6.20. The van der Waals surface area contributed by atoms with E-state index in [2.05, 4.69) is 10.3 Å². The number of carbonyl (C=O) groups excluding carboxylic acids is 2. The minimum Gasteiger partial charge on any atom is -0.490 e. The van der Waals surface area contributed by atoms with Crippen LogP contribution in [-0.2, 0) is 9.53 Å². The van der Waals surface area contributed by atoms with E-state index in [1.807, 2.05) is 31.2 Å². The molecule has 1 aromatic rings. The van der Waals surface area contributed by atoms with Gasteiger partial charge < -0.3 is 19.3 Å². The summed E-state index contributed by atoms with van der Waals surface area (Å²) in [6.45, 7) is 2.87. The normalized spacial score (nSPS) is 28.1. The van der Waals surface area contributed by atoms with Crippen LogP contribution in [0.1, 0.15) is 5.56 Å². The number of ether oxygens (including phenoxy) is 2. The molecule has 2 saturated heterocycles. The molecule has 3 heterocycles. The molecule has 4 rings (SSSR count). The summed E-state index contributed by atoms with van der Waals surface area (Å²) in [4.78, 5) is 31.4. The zero-order chi connectivity index (χ0) is 16.8. The Morgan fingerprint density at radius 3 is 3.04 bits per heavy atom. The molecular formula is C16H18N4O4. The van der Waals surface area contributed by atoms with Crippen molar-refractivity contribution in [1.82, 2.24) is 15.1 Å². The van der Waals surface area contributed by atoms with Gasteiger partial charge in [-0.15, -0.1) is 0 Å². The number of nitrogens with zero attached hydrogens (tertiary/aromatic N) is 3. The first-order valence-electron chi connectivity index (χ1n) is 7.81. The zero-order valence-corrected chi connectivity index (χ0v) is 13.4. The maximum Gasteiger partial charge on any atom is 0.325 e. The second kappa shape index (κ2) is 5.40. The van der Waals surface area contributed by atoms with Gasteiger partial charge in [0.1, 0.15) is 12.4 Å². The molecule has 3 amide bonds. The number of urea groups is 1. The predicted octanol–water partition coefficient (Wildman–Crippen LogP) is 0.321. The largest absolute Gasteiger partial charge is 0.490 e. The van der Waals surface area contributed by atoms with Gasteiger partial charge in [0.05, 0.1) is 6.54 Å². The molecule has 2 fully saturated rings. The summed E-state index contributed by atoms with van der Waals surface area (Å²) in [6.07, 6.45) is -0.735. The number of carbonyl (C=O) groups is 2. The molecular weight excluding hydrogens is 312 g/mol. The van der Waals surface area contributed by atoms with Gasteiger partial charge in [0.15, 0.2) is 18.3 Å². The zero-order valence-electron chi connectivity index (χ0n) is 13.4. The maximum atomic E-state index is 12.1. The lowest BCUT2D eigenvalue weighted by atomic mass is 10.1. The molecule has 1 aromatic carbocycles. The third-order valence-corrected chi connectivity index (χ3v) is 4.42. The number of rotatable bonds is 3. The molecule has 3 unspecified atom stereocenters. The Labute approximate surface area is 139 Å². The first-order valence-corrected chi connectivity index (χ1v) is 7.81. The molecule has 3 atom stereocenters. The van der Waals surface area contributed by atoms with E-state index in [4.69, 9.17) is 9.47 Å². The van der Waals surface area contributed by atoms with Crippen molar-refractivity contribution in [3.05, 3.63) is 29.8 Å². The van der Waals surface area contributed by atoms with Crippen LogP contribution in [0.5, 0.6) is 5.75 Å². The van der Waals surface area contributed by atoms with E-state index in [-0.39, 0.29) is 12.0 Å². The van der Waals surface area contributed by atoms with Crippen molar-refractivity contribution in [3.63, 3.8) is 0 Å². The van der Waals surface area contributed by atoms with Crippen LogP contribution in [0.4, 0.5) is 4.79 Å². The Kier molecular flexibility index (Phi) is 3.33. The number of nitrogens with one attached hydrogen (secondary N) is 1. The molecule has 1 N–H and O–H groups in total. The second-order valence-corrected chi connectivity index (χ2v) is 6.20. The van der Waals surface area contributed by atoms with E-state index < -0.39 is 18.2 Å². The Hall–Kier alpha value is -2.77. The van der Waals surface area contributed by atoms with E-state index in [1.165, 1.54) is 4.90 Å². The topological polar surface area (TPSA) is 83.5 Å². The lowest BCUT2D eigenvalue weighted by Gasteiger charge is -2.34. The number of aryl methyl sites for hydroxylation is 1. The van der Waals surface area contributed by atoms with Crippen molar-refractivity contribution in [1.29, 1.82) is 0 Å². The van der Waals surface area contributed by atoms with Gasteiger partial charge in [-0.05, 0) is 24.6 Å². The molecule has 0 radical (unpaired) electrons. The van der Waals surface area contributed by atoms with Crippen LogP contribution < -0.4 is 10.1 Å². The third kappa shape index (κ3) is 2.34. The standard InChI is InChI=1S/C16H18N4O4/c1-9-4-3-5-10(6-9)23-8-11-7-20-12-13(17-16(20)24-11)19(2)15(22)18-14(12)21/h3-6,11-13H,7-8H2,1-2H3,(H,18,21,22). The molecule has 0 spiro atoms. The number of amides is 3. The minimum absolute atomic E-state index is 0.207. The van der Waals surface area contributed by atoms with E-state index in [0.29, 0.717) is 19.2 Å². The Morgan fingerprint density at radius 1 is 1.42 bits per heavy atom. The highest BCUT2D eigenvalue weighted by Crippen LogP contribution is 2.29. The van der Waals surface area contributed by atoms with Gasteiger partial charge in [-0.3, -0.25) is 10.1 Å². The number of benzene rings is 1. The molecule has 126 valence electrons. The quantitative estimate of drug-likeness (QED) is 0.863. The van der Waals surface area contributed by atoms with Crippen molar-refractivity contribution < 1.29 is 19.1 Å². The van der Waals surface area contributed by atoms with Crippen LogP contribution in [-0.4, -0.2) is 66.3 Å². The molecule has 0 saturated carbocycles. The fourth-order valence-corrected chi connectivity index (χ4v) is 3.18. The van der Waals surface area contributed by atoms with Crippen LogP contribution in [0.2, 0.25) is 0 Å². The highest BCUT2D eigenvalue weighted by Gasteiger charge is 2.52. The Morgan fingerprint density at radius 2 is 2.25 bits per heavy atom. The fourth-order valence-electron chi connectivity index (χ4n) is 3.18. The summed E-state index contributed by atoms with van der Waals surface area (Å²) in [7, 11) is 1.62. The number of likely N-dealkylation sites (N-methyl/N-ethyl adjacent to an activating group) is 1. The summed E-state index contributed by atoms with van der Waals surface area (Å²) in [5.41, 5.74) is 1.12. The minimum atomic E-state index is -0.535. The number of hydrogen-bond donors (Lipinski definition) is 1. The van der Waals surface area contributed by atoms with Gasteiger partial charge in [-0.1, -0.05) is 12.1 Å². The molecule has 0 bridgehead atoms. The molecule has 3 aliphatic heterocycles. The van der Waals surface area contributed by atoms with Gasteiger partial charge in [-0.25, -0.2) is 9.79 Å². The maximum absolute atomic E-state index is 12.1. The van der Waals surface area contributed by atoms with Crippen molar-refractivity contribution in [3.8, 4) is 5.75 Å². The van der Waals surface area contributed by atoms with E-state index in [9.17, 15) is 9.59 Å². The molecule has 24 heavy (non-hydrogen) atoms. The first-order chi connectivity index (χ1) is 11.5. The number of amidine groups is 1. The van der Waals surface area contributed by atoms with Crippen LogP contribution in [0.15, 0.2) is 29.3 Å². The van der Waals surface area contributed by atoms with Gasteiger partial charge in [-0.2, -0.15) is 0 Å². The Balaban J connectivity index is 1.43. The summed E-state index contributed by atoms with van der Waals surface area (Å²) in [5.74, 6) is 0.442. The summed E-state index contributed by atoms with van der Waals surface area (Å²) in [6, 6.07) is 7.22. The number of imide groups is 1. The lowest BCUT2D eigenvalue weighted by molar-refractivity contribution is -0.127. The fraction of sp³-hybridized carbons (Fsp3) is 0.438. The molecule has 8 nitrogen and oxygen atoms in total. The number of fused-ring (bicyclic) bond motifs is 3. The summed E-state index contributed by atoms with van der Waals surface area (Å²) in [5, 5.41) is 2.34. The van der Waals surface area contributed by atoms with Crippen LogP contribution in [0, 0.1) is 6.92 Å². The van der Waals surface area contributed by atoms with E-state index in [1.54, 1.807) is 11.9 Å². The summed E-state index contributed by atoms with van der Waals surface area (Å²) < 4.78 is 11.6. The highest BCUT2D eigenvalue weighted by molar-refractivity contribution is 6.03. The number of aliphatic imine (C=N–C) groups is 1. The van der Waals surface area contributed by atoms with Crippen molar-refractivity contribution in [2.24, 2.45) is 4.99 Å².